The topological polar surface area (TPSA) is 81.7 Å². The van der Waals surface area contributed by atoms with E-state index in [4.69, 9.17) is 9.47 Å². The third-order valence-corrected chi connectivity index (χ3v) is 4.32. The van der Waals surface area contributed by atoms with Gasteiger partial charge in [0.15, 0.2) is 0 Å². The van der Waals surface area contributed by atoms with Gasteiger partial charge in [-0.15, -0.1) is 0 Å². The van der Waals surface area contributed by atoms with Gasteiger partial charge in [-0.25, -0.2) is 9.59 Å². The van der Waals surface area contributed by atoms with E-state index in [0.717, 1.165) is 5.56 Å². The molecule has 0 saturated heterocycles. The molecule has 0 aliphatic heterocycles. The van der Waals surface area contributed by atoms with Crippen LogP contribution in [0, 0.1) is 0 Å². The zero-order valence-corrected chi connectivity index (χ0v) is 17.3. The Labute approximate surface area is 180 Å². The molecule has 1 N–H and O–H groups in total. The van der Waals surface area contributed by atoms with Crippen molar-refractivity contribution in [2.24, 2.45) is 0 Å². The summed E-state index contributed by atoms with van der Waals surface area (Å²) in [7, 11) is 0. The first-order chi connectivity index (χ1) is 14.9. The number of carbonyl (C=O) groups excluding carboxylic acids is 3. The first-order valence-corrected chi connectivity index (χ1v) is 9.86. The van der Waals surface area contributed by atoms with Gasteiger partial charge in [0.1, 0.15) is 6.61 Å². The molecule has 0 heterocycles. The molecular formula is C25H23NO5. The molecule has 0 radical (unpaired) electrons. The average Bonchev–Trinajstić information content (AvgIpc) is 2.78. The van der Waals surface area contributed by atoms with E-state index in [9.17, 15) is 14.4 Å². The SMILES string of the molecule is CC(C)OC(=O)c1ccc(COC(=O)c2ccc(NC(=O)c3ccccc3)cc2)cc1. The number of ether oxygens (including phenoxy) is 2. The number of benzene rings is 3. The van der Waals surface area contributed by atoms with E-state index in [0.29, 0.717) is 22.4 Å². The minimum Gasteiger partial charge on any atom is -0.459 e. The van der Waals surface area contributed by atoms with Crippen molar-refractivity contribution in [2.45, 2.75) is 26.6 Å². The van der Waals surface area contributed by atoms with E-state index in [2.05, 4.69) is 5.32 Å². The summed E-state index contributed by atoms with van der Waals surface area (Å²) in [5.41, 5.74) is 2.69. The Kier molecular flexibility index (Phi) is 7.17. The van der Waals surface area contributed by atoms with E-state index in [1.54, 1.807) is 86.6 Å². The second kappa shape index (κ2) is 10.2. The van der Waals surface area contributed by atoms with Crippen molar-refractivity contribution in [1.29, 1.82) is 0 Å². The van der Waals surface area contributed by atoms with E-state index in [1.165, 1.54) is 0 Å². The van der Waals surface area contributed by atoms with E-state index in [1.807, 2.05) is 6.07 Å². The van der Waals surface area contributed by atoms with Gasteiger partial charge in [0.25, 0.3) is 5.91 Å². The zero-order valence-electron chi connectivity index (χ0n) is 17.3. The molecule has 0 atom stereocenters. The molecular weight excluding hydrogens is 394 g/mol. The molecule has 3 aromatic carbocycles. The molecule has 31 heavy (non-hydrogen) atoms. The molecule has 0 aliphatic carbocycles. The lowest BCUT2D eigenvalue weighted by atomic mass is 10.1. The second-order valence-corrected chi connectivity index (χ2v) is 7.12. The van der Waals surface area contributed by atoms with Crippen molar-refractivity contribution in [2.75, 3.05) is 5.32 Å². The highest BCUT2D eigenvalue weighted by atomic mass is 16.5. The molecule has 6 heteroatoms. The molecule has 158 valence electrons. The van der Waals surface area contributed by atoms with Crippen molar-refractivity contribution in [3.63, 3.8) is 0 Å². The Morgan fingerprint density at radius 2 is 1.32 bits per heavy atom. The normalized spacial score (nSPS) is 10.4. The summed E-state index contributed by atoms with van der Waals surface area (Å²) in [4.78, 5) is 36.3. The van der Waals surface area contributed by atoms with Crippen LogP contribution < -0.4 is 5.32 Å². The maximum atomic E-state index is 12.3. The maximum Gasteiger partial charge on any atom is 0.338 e. The van der Waals surface area contributed by atoms with Crippen molar-refractivity contribution in [3.8, 4) is 0 Å². The summed E-state index contributed by atoms with van der Waals surface area (Å²) in [6.45, 7) is 3.65. The standard InChI is InChI=1S/C25H23NO5/c1-17(2)31-25(29)21-10-8-18(9-11-21)16-30-24(28)20-12-14-22(15-13-20)26-23(27)19-6-4-3-5-7-19/h3-15,17H,16H2,1-2H3,(H,26,27). The van der Waals surface area contributed by atoms with E-state index >= 15 is 0 Å². The largest absolute Gasteiger partial charge is 0.459 e. The smallest absolute Gasteiger partial charge is 0.338 e. The Morgan fingerprint density at radius 1 is 0.742 bits per heavy atom. The summed E-state index contributed by atoms with van der Waals surface area (Å²) in [5.74, 6) is -1.10. The van der Waals surface area contributed by atoms with Crippen molar-refractivity contribution in [3.05, 3.63) is 101 Å². The quantitative estimate of drug-likeness (QED) is 0.555. The van der Waals surface area contributed by atoms with Crippen LogP contribution in [0.1, 0.15) is 50.5 Å². The lowest BCUT2D eigenvalue weighted by Gasteiger charge is -2.09. The Balaban J connectivity index is 1.52. The molecule has 0 saturated carbocycles. The van der Waals surface area contributed by atoms with Gasteiger partial charge in [-0.1, -0.05) is 30.3 Å². The number of carbonyl (C=O) groups is 3. The predicted octanol–water partition coefficient (Wildman–Crippen LogP) is 4.86. The van der Waals surface area contributed by atoms with Gasteiger partial charge in [-0.2, -0.15) is 0 Å². The van der Waals surface area contributed by atoms with Crippen LogP contribution in [0.3, 0.4) is 0 Å². The van der Waals surface area contributed by atoms with Crippen LogP contribution in [0.15, 0.2) is 78.9 Å². The molecule has 0 spiro atoms. The fourth-order valence-electron chi connectivity index (χ4n) is 2.73. The van der Waals surface area contributed by atoms with Crippen molar-refractivity contribution in [1.82, 2.24) is 0 Å². The lowest BCUT2D eigenvalue weighted by Crippen LogP contribution is -2.12. The van der Waals surface area contributed by atoms with Gasteiger partial charge >= 0.3 is 11.9 Å². The van der Waals surface area contributed by atoms with Gasteiger partial charge in [-0.3, -0.25) is 4.79 Å². The van der Waals surface area contributed by atoms with Gasteiger partial charge < -0.3 is 14.8 Å². The molecule has 0 aliphatic rings. The zero-order chi connectivity index (χ0) is 22.2. The average molecular weight is 417 g/mol. The van der Waals surface area contributed by atoms with Gasteiger partial charge in [0.05, 0.1) is 17.2 Å². The number of nitrogens with one attached hydrogen (secondary N) is 1. The van der Waals surface area contributed by atoms with Crippen LogP contribution in [-0.2, 0) is 16.1 Å². The Morgan fingerprint density at radius 3 is 1.94 bits per heavy atom. The third-order valence-electron chi connectivity index (χ3n) is 4.32. The molecule has 0 unspecified atom stereocenters. The number of rotatable bonds is 7. The summed E-state index contributed by atoms with van der Waals surface area (Å²) in [6, 6.07) is 22.0. The lowest BCUT2D eigenvalue weighted by molar-refractivity contribution is 0.0375. The molecule has 6 nitrogen and oxygen atoms in total. The molecule has 3 rings (SSSR count). The first kappa shape index (κ1) is 21.8. The third kappa shape index (κ3) is 6.27. The van der Waals surface area contributed by atoms with Crippen molar-refractivity contribution >= 4 is 23.5 Å². The molecule has 0 bridgehead atoms. The van der Waals surface area contributed by atoms with Gasteiger partial charge in [-0.05, 0) is 67.9 Å². The molecule has 0 aromatic heterocycles. The second-order valence-electron chi connectivity index (χ2n) is 7.12. The minimum absolute atomic E-state index is 0.0742. The van der Waals surface area contributed by atoms with E-state index in [-0.39, 0.29) is 18.6 Å². The first-order valence-electron chi connectivity index (χ1n) is 9.86. The fourth-order valence-corrected chi connectivity index (χ4v) is 2.73. The maximum absolute atomic E-state index is 12.3. The summed E-state index contributed by atoms with van der Waals surface area (Å²) >= 11 is 0. The van der Waals surface area contributed by atoms with Crippen LogP contribution in [0.25, 0.3) is 0 Å². The minimum atomic E-state index is -0.482. The highest BCUT2D eigenvalue weighted by Crippen LogP contribution is 2.14. The summed E-state index contributed by atoms with van der Waals surface area (Å²) < 4.78 is 10.5. The highest BCUT2D eigenvalue weighted by molar-refractivity contribution is 6.04. The van der Waals surface area contributed by atoms with E-state index < -0.39 is 11.9 Å². The van der Waals surface area contributed by atoms with Crippen LogP contribution in [0.2, 0.25) is 0 Å². The summed E-state index contributed by atoms with van der Waals surface area (Å²) in [6.07, 6.45) is -0.189. The van der Waals surface area contributed by atoms with Gasteiger partial charge in [0.2, 0.25) is 0 Å². The van der Waals surface area contributed by atoms with Crippen LogP contribution in [0.5, 0.6) is 0 Å². The highest BCUT2D eigenvalue weighted by Gasteiger charge is 2.11. The molecule has 3 aromatic rings. The Bertz CT molecular complexity index is 1040. The number of hydrogen-bond donors (Lipinski definition) is 1. The molecule has 1 amide bonds. The summed E-state index contributed by atoms with van der Waals surface area (Å²) in [5, 5.41) is 2.78. The number of amides is 1. The van der Waals surface area contributed by atoms with Crippen LogP contribution in [0.4, 0.5) is 5.69 Å². The van der Waals surface area contributed by atoms with Crippen molar-refractivity contribution < 1.29 is 23.9 Å². The number of hydrogen-bond acceptors (Lipinski definition) is 5. The Hall–Kier alpha value is -3.93. The van der Waals surface area contributed by atoms with Crippen LogP contribution in [-0.4, -0.2) is 23.9 Å². The fraction of sp³-hybridized carbons (Fsp3) is 0.160. The predicted molar refractivity (Wildman–Crippen MR) is 117 cm³/mol. The molecule has 0 fully saturated rings. The van der Waals surface area contributed by atoms with Crippen LogP contribution >= 0.6 is 0 Å². The monoisotopic (exact) mass is 417 g/mol. The number of esters is 2. The number of anilines is 1. The van der Waals surface area contributed by atoms with Gasteiger partial charge in [0, 0.05) is 11.3 Å².